The van der Waals surface area contributed by atoms with Crippen molar-refractivity contribution in [1.82, 2.24) is 10.2 Å². The van der Waals surface area contributed by atoms with Crippen molar-refractivity contribution in [3.8, 4) is 11.5 Å². The number of piperidine rings is 1. The van der Waals surface area contributed by atoms with Crippen LogP contribution in [-0.4, -0.2) is 50.2 Å². The molecule has 2 atom stereocenters. The number of hydrogen-bond donors (Lipinski definition) is 1. The fourth-order valence-corrected chi connectivity index (χ4v) is 3.95. The van der Waals surface area contributed by atoms with Gasteiger partial charge >= 0.3 is 0 Å². The maximum Gasteiger partial charge on any atom is 0.224 e. The molecule has 3 rings (SSSR count). The zero-order valence-corrected chi connectivity index (χ0v) is 15.4. The number of ether oxygens (including phenoxy) is 2. The predicted octanol–water partition coefficient (Wildman–Crippen LogP) is 2.48. The second-order valence-corrected chi connectivity index (χ2v) is 7.56. The lowest BCUT2D eigenvalue weighted by atomic mass is 9.92. The standard InChI is InChI=1S/C20H30N2O3/c1-15-10-16(2)14-22(13-15)7-3-6-21-20(23)12-17-4-5-18-19(11-17)25-9-8-24-18/h4-5,11,15-16H,3,6-10,12-14H2,1-2H3,(H,21,23). The summed E-state index contributed by atoms with van der Waals surface area (Å²) in [5.74, 6) is 3.14. The number of likely N-dealkylation sites (tertiary alicyclic amines) is 1. The molecule has 0 spiro atoms. The number of carbonyl (C=O) groups is 1. The molecule has 0 saturated carbocycles. The van der Waals surface area contributed by atoms with Crippen molar-refractivity contribution in [2.75, 3.05) is 39.4 Å². The molecule has 1 fully saturated rings. The van der Waals surface area contributed by atoms with Crippen LogP contribution in [0.1, 0.15) is 32.3 Å². The summed E-state index contributed by atoms with van der Waals surface area (Å²) >= 11 is 0. The van der Waals surface area contributed by atoms with Crippen molar-refractivity contribution in [1.29, 1.82) is 0 Å². The first-order valence-electron chi connectivity index (χ1n) is 9.47. The molecule has 1 N–H and O–H groups in total. The SMILES string of the molecule is CC1CC(C)CN(CCCNC(=O)Cc2ccc3c(c2)OCCO3)C1. The van der Waals surface area contributed by atoms with Crippen LogP contribution in [0.5, 0.6) is 11.5 Å². The molecule has 5 nitrogen and oxygen atoms in total. The molecular formula is C20H30N2O3. The van der Waals surface area contributed by atoms with Crippen molar-refractivity contribution >= 4 is 5.91 Å². The molecule has 1 aromatic carbocycles. The quantitative estimate of drug-likeness (QED) is 0.804. The van der Waals surface area contributed by atoms with E-state index in [1.807, 2.05) is 18.2 Å². The number of hydrogen-bond acceptors (Lipinski definition) is 4. The van der Waals surface area contributed by atoms with E-state index in [0.717, 1.165) is 48.4 Å². The Morgan fingerprint density at radius 1 is 1.16 bits per heavy atom. The van der Waals surface area contributed by atoms with Gasteiger partial charge in [0.25, 0.3) is 0 Å². The minimum atomic E-state index is 0.0667. The monoisotopic (exact) mass is 346 g/mol. The van der Waals surface area contributed by atoms with Gasteiger partial charge in [-0.15, -0.1) is 0 Å². The Kier molecular flexibility index (Phi) is 6.19. The molecule has 0 aromatic heterocycles. The van der Waals surface area contributed by atoms with Gasteiger partial charge in [-0.3, -0.25) is 4.79 Å². The summed E-state index contributed by atoms with van der Waals surface area (Å²) < 4.78 is 11.1. The highest BCUT2D eigenvalue weighted by atomic mass is 16.6. The Morgan fingerprint density at radius 2 is 1.88 bits per heavy atom. The first kappa shape index (κ1) is 18.1. The van der Waals surface area contributed by atoms with Gasteiger partial charge in [0.1, 0.15) is 13.2 Å². The predicted molar refractivity (Wildman–Crippen MR) is 98.1 cm³/mol. The van der Waals surface area contributed by atoms with Gasteiger partial charge in [-0.1, -0.05) is 19.9 Å². The van der Waals surface area contributed by atoms with E-state index in [9.17, 15) is 4.79 Å². The zero-order chi connectivity index (χ0) is 17.6. The average molecular weight is 346 g/mol. The number of nitrogens with one attached hydrogen (secondary N) is 1. The van der Waals surface area contributed by atoms with E-state index < -0.39 is 0 Å². The molecule has 25 heavy (non-hydrogen) atoms. The largest absolute Gasteiger partial charge is 0.486 e. The second kappa shape index (κ2) is 8.56. The molecule has 2 unspecified atom stereocenters. The van der Waals surface area contributed by atoms with E-state index in [1.165, 1.54) is 19.5 Å². The topological polar surface area (TPSA) is 50.8 Å². The maximum absolute atomic E-state index is 12.1. The molecule has 1 aromatic rings. The van der Waals surface area contributed by atoms with Crippen LogP contribution in [-0.2, 0) is 11.2 Å². The molecule has 0 bridgehead atoms. The Labute approximate surface area is 150 Å². The van der Waals surface area contributed by atoms with Crippen molar-refractivity contribution < 1.29 is 14.3 Å². The van der Waals surface area contributed by atoms with Gasteiger partial charge in [-0.2, -0.15) is 0 Å². The fourth-order valence-electron chi connectivity index (χ4n) is 3.95. The van der Waals surface area contributed by atoms with E-state index in [2.05, 4.69) is 24.1 Å². The van der Waals surface area contributed by atoms with E-state index in [0.29, 0.717) is 19.6 Å². The first-order valence-corrected chi connectivity index (χ1v) is 9.47. The summed E-state index contributed by atoms with van der Waals surface area (Å²) in [7, 11) is 0. The van der Waals surface area contributed by atoms with Gasteiger partial charge in [-0.25, -0.2) is 0 Å². The zero-order valence-electron chi connectivity index (χ0n) is 15.4. The van der Waals surface area contributed by atoms with Crippen molar-refractivity contribution in [3.63, 3.8) is 0 Å². The highest BCUT2D eigenvalue weighted by Gasteiger charge is 2.21. The van der Waals surface area contributed by atoms with Crippen molar-refractivity contribution in [2.45, 2.75) is 33.1 Å². The minimum absolute atomic E-state index is 0.0667. The van der Waals surface area contributed by atoms with Crippen molar-refractivity contribution in [2.24, 2.45) is 11.8 Å². The fraction of sp³-hybridized carbons (Fsp3) is 0.650. The van der Waals surface area contributed by atoms with Crippen LogP contribution in [0.3, 0.4) is 0 Å². The van der Waals surface area contributed by atoms with Gasteiger partial charge in [0.2, 0.25) is 5.91 Å². The number of nitrogens with zero attached hydrogens (tertiary/aromatic N) is 1. The molecule has 1 saturated heterocycles. The summed E-state index contributed by atoms with van der Waals surface area (Å²) in [6.45, 7) is 10.00. The van der Waals surface area contributed by atoms with Crippen LogP contribution < -0.4 is 14.8 Å². The molecule has 2 aliphatic rings. The van der Waals surface area contributed by atoms with Crippen molar-refractivity contribution in [3.05, 3.63) is 23.8 Å². The van der Waals surface area contributed by atoms with Gasteiger partial charge in [0.15, 0.2) is 11.5 Å². The summed E-state index contributed by atoms with van der Waals surface area (Å²) in [6.07, 6.45) is 2.73. The normalized spacial score (nSPS) is 23.3. The Morgan fingerprint density at radius 3 is 2.64 bits per heavy atom. The second-order valence-electron chi connectivity index (χ2n) is 7.56. The molecule has 2 heterocycles. The lowest BCUT2D eigenvalue weighted by molar-refractivity contribution is -0.120. The summed E-state index contributed by atoms with van der Waals surface area (Å²) in [5, 5.41) is 3.04. The summed E-state index contributed by atoms with van der Waals surface area (Å²) in [4.78, 5) is 14.7. The minimum Gasteiger partial charge on any atom is -0.486 e. The summed E-state index contributed by atoms with van der Waals surface area (Å²) in [5.41, 5.74) is 0.959. The molecule has 138 valence electrons. The molecule has 1 amide bonds. The van der Waals surface area contributed by atoms with Gasteiger partial charge in [0, 0.05) is 19.6 Å². The smallest absolute Gasteiger partial charge is 0.224 e. The number of rotatable bonds is 6. The van der Waals surface area contributed by atoms with Crippen LogP contribution in [0.4, 0.5) is 0 Å². The first-order chi connectivity index (χ1) is 12.1. The van der Waals surface area contributed by atoms with E-state index >= 15 is 0 Å². The van der Waals surface area contributed by atoms with Crippen LogP contribution in [0.15, 0.2) is 18.2 Å². The van der Waals surface area contributed by atoms with Crippen LogP contribution in [0.25, 0.3) is 0 Å². The van der Waals surface area contributed by atoms with Crippen LogP contribution in [0.2, 0.25) is 0 Å². The van der Waals surface area contributed by atoms with E-state index in [1.54, 1.807) is 0 Å². The maximum atomic E-state index is 12.1. The third kappa shape index (κ3) is 5.36. The lowest BCUT2D eigenvalue weighted by Crippen LogP contribution is -2.40. The number of fused-ring (bicyclic) bond motifs is 1. The Bertz CT molecular complexity index is 580. The van der Waals surface area contributed by atoms with Crippen LogP contribution in [0, 0.1) is 11.8 Å². The Balaban J connectivity index is 1.37. The van der Waals surface area contributed by atoms with Gasteiger partial charge < -0.3 is 19.7 Å². The molecule has 0 aliphatic carbocycles. The number of benzene rings is 1. The van der Waals surface area contributed by atoms with Crippen LogP contribution >= 0.6 is 0 Å². The number of amides is 1. The van der Waals surface area contributed by atoms with E-state index in [-0.39, 0.29) is 5.91 Å². The van der Waals surface area contributed by atoms with E-state index in [4.69, 9.17) is 9.47 Å². The van der Waals surface area contributed by atoms with Gasteiger partial charge in [-0.05, 0) is 48.9 Å². The number of carbonyl (C=O) groups excluding carboxylic acids is 1. The molecule has 0 radical (unpaired) electrons. The summed E-state index contributed by atoms with van der Waals surface area (Å²) in [6, 6.07) is 5.73. The molecule has 2 aliphatic heterocycles. The lowest BCUT2D eigenvalue weighted by Gasteiger charge is -2.34. The third-order valence-electron chi connectivity index (χ3n) is 4.89. The third-order valence-corrected chi connectivity index (χ3v) is 4.89. The highest BCUT2D eigenvalue weighted by Crippen LogP contribution is 2.30. The highest BCUT2D eigenvalue weighted by molar-refractivity contribution is 5.78. The molecular weight excluding hydrogens is 316 g/mol. The molecule has 5 heteroatoms. The Hall–Kier alpha value is -1.75. The average Bonchev–Trinajstić information content (AvgIpc) is 2.58. The van der Waals surface area contributed by atoms with Gasteiger partial charge in [0.05, 0.1) is 6.42 Å².